The lowest BCUT2D eigenvalue weighted by molar-refractivity contribution is 0.0769. The number of phenols is 1. The Labute approximate surface area is 163 Å². The highest BCUT2D eigenvalue weighted by Crippen LogP contribution is 2.54. The number of hydrogen-bond donors (Lipinski definition) is 1. The highest BCUT2D eigenvalue weighted by Gasteiger charge is 2.46. The van der Waals surface area contributed by atoms with Crippen LogP contribution >= 0.6 is 0 Å². The number of benzene rings is 1. The predicted octanol–water partition coefficient (Wildman–Crippen LogP) is 5.51. The average Bonchev–Trinajstić information content (AvgIpc) is 2.67. The van der Waals surface area contributed by atoms with E-state index < -0.39 is 0 Å². The van der Waals surface area contributed by atoms with Crippen LogP contribution in [-0.2, 0) is 6.42 Å². The van der Waals surface area contributed by atoms with Crippen molar-refractivity contribution in [1.82, 2.24) is 4.90 Å². The smallest absolute Gasteiger partial charge is 0.143 e. The third-order valence-electron chi connectivity index (χ3n) is 7.39. The maximum Gasteiger partial charge on any atom is 0.143 e. The van der Waals surface area contributed by atoms with Crippen molar-refractivity contribution in [2.24, 2.45) is 11.8 Å². The second-order valence-corrected chi connectivity index (χ2v) is 9.67. The van der Waals surface area contributed by atoms with Gasteiger partial charge in [-0.2, -0.15) is 0 Å². The van der Waals surface area contributed by atoms with Gasteiger partial charge in [0.1, 0.15) is 17.1 Å². The Balaban J connectivity index is 1.48. The zero-order valence-corrected chi connectivity index (χ0v) is 16.9. The minimum Gasteiger partial charge on any atom is -0.507 e. The van der Waals surface area contributed by atoms with Crippen molar-refractivity contribution in [2.75, 3.05) is 13.1 Å². The van der Waals surface area contributed by atoms with Crippen LogP contribution in [0.1, 0.15) is 76.3 Å². The van der Waals surface area contributed by atoms with Gasteiger partial charge in [0.15, 0.2) is 0 Å². The van der Waals surface area contributed by atoms with E-state index in [0.29, 0.717) is 11.7 Å². The molecule has 4 aliphatic heterocycles. The molecule has 4 heterocycles. The van der Waals surface area contributed by atoms with Gasteiger partial charge in [-0.25, -0.2) is 0 Å². The van der Waals surface area contributed by atoms with Crippen molar-refractivity contribution in [2.45, 2.75) is 77.2 Å². The van der Waals surface area contributed by atoms with Gasteiger partial charge in [-0.1, -0.05) is 32.1 Å². The van der Waals surface area contributed by atoms with Crippen molar-refractivity contribution in [3.05, 3.63) is 29.0 Å². The number of ether oxygens (including phenoxy) is 1. The van der Waals surface area contributed by atoms with Gasteiger partial charge in [-0.05, 0) is 74.6 Å². The van der Waals surface area contributed by atoms with Gasteiger partial charge in [-0.3, -0.25) is 0 Å². The fourth-order valence-corrected chi connectivity index (χ4v) is 6.10. The summed E-state index contributed by atoms with van der Waals surface area (Å²) in [6, 6.07) is 4.24. The van der Waals surface area contributed by atoms with Crippen LogP contribution in [0.25, 0.3) is 5.57 Å². The molecule has 146 valence electrons. The van der Waals surface area contributed by atoms with Gasteiger partial charge in [0.2, 0.25) is 0 Å². The van der Waals surface area contributed by atoms with E-state index in [9.17, 15) is 5.11 Å². The maximum atomic E-state index is 11.0. The molecule has 3 heteroatoms. The van der Waals surface area contributed by atoms with Gasteiger partial charge in [0, 0.05) is 13.1 Å². The molecule has 1 saturated carbocycles. The number of fused-ring (bicyclic) bond motifs is 3. The van der Waals surface area contributed by atoms with Crippen LogP contribution in [0.15, 0.2) is 17.8 Å². The molecule has 0 radical (unpaired) electrons. The van der Waals surface area contributed by atoms with Gasteiger partial charge >= 0.3 is 0 Å². The minimum absolute atomic E-state index is 0.310. The molecule has 2 bridgehead atoms. The molecule has 6 rings (SSSR count). The third-order valence-corrected chi connectivity index (χ3v) is 7.39. The highest BCUT2D eigenvalue weighted by atomic mass is 16.5. The molecule has 27 heavy (non-hydrogen) atoms. The number of aryl methyl sites for hydroxylation is 1. The Morgan fingerprint density at radius 3 is 2.56 bits per heavy atom. The number of rotatable bonds is 3. The molecule has 0 spiro atoms. The second kappa shape index (κ2) is 6.46. The first-order valence-corrected chi connectivity index (χ1v) is 11.1. The maximum absolute atomic E-state index is 11.0. The molecule has 3 nitrogen and oxygen atoms in total. The van der Waals surface area contributed by atoms with Crippen molar-refractivity contribution in [3.8, 4) is 11.5 Å². The van der Waals surface area contributed by atoms with Crippen LogP contribution in [0.3, 0.4) is 0 Å². The Bertz CT molecular complexity index is 765. The molecule has 0 unspecified atom stereocenters. The fourth-order valence-electron chi connectivity index (χ4n) is 6.10. The van der Waals surface area contributed by atoms with Crippen molar-refractivity contribution >= 4 is 5.57 Å². The molecule has 1 saturated heterocycles. The predicted molar refractivity (Wildman–Crippen MR) is 109 cm³/mol. The minimum atomic E-state index is -0.310. The summed E-state index contributed by atoms with van der Waals surface area (Å²) < 4.78 is 6.50. The summed E-state index contributed by atoms with van der Waals surface area (Å²) >= 11 is 0. The largest absolute Gasteiger partial charge is 0.507 e. The lowest BCUT2D eigenvalue weighted by Crippen LogP contribution is -2.50. The van der Waals surface area contributed by atoms with Crippen molar-refractivity contribution < 1.29 is 9.84 Å². The summed E-state index contributed by atoms with van der Waals surface area (Å²) in [5.74, 6) is 2.78. The Morgan fingerprint density at radius 2 is 1.81 bits per heavy atom. The Kier molecular flexibility index (Phi) is 4.18. The van der Waals surface area contributed by atoms with Crippen LogP contribution in [-0.4, -0.2) is 28.7 Å². The van der Waals surface area contributed by atoms with Crippen LogP contribution in [0.5, 0.6) is 11.5 Å². The van der Waals surface area contributed by atoms with E-state index in [4.69, 9.17) is 4.74 Å². The molecule has 5 aliphatic rings. The summed E-state index contributed by atoms with van der Waals surface area (Å²) in [5, 5.41) is 11.0. The molecule has 1 N–H and O–H groups in total. The molecule has 0 amide bonds. The van der Waals surface area contributed by atoms with E-state index in [2.05, 4.69) is 24.8 Å². The first-order valence-electron chi connectivity index (χ1n) is 11.1. The first-order chi connectivity index (χ1) is 13.0. The summed E-state index contributed by atoms with van der Waals surface area (Å²) in [6.45, 7) is 6.65. The van der Waals surface area contributed by atoms with E-state index in [1.54, 1.807) is 0 Å². The molecule has 1 aliphatic carbocycles. The summed E-state index contributed by atoms with van der Waals surface area (Å²) in [4.78, 5) is 2.49. The van der Waals surface area contributed by atoms with Crippen molar-refractivity contribution in [3.63, 3.8) is 0 Å². The van der Waals surface area contributed by atoms with E-state index in [1.807, 2.05) is 6.07 Å². The van der Waals surface area contributed by atoms with Crippen molar-refractivity contribution in [1.29, 1.82) is 0 Å². The molecule has 1 aromatic rings. The molecule has 0 atom stereocenters. The Morgan fingerprint density at radius 1 is 1.07 bits per heavy atom. The summed E-state index contributed by atoms with van der Waals surface area (Å²) in [6.07, 6.45) is 11.7. The third kappa shape index (κ3) is 2.94. The van der Waals surface area contributed by atoms with Gasteiger partial charge < -0.3 is 14.7 Å². The number of hydrogen-bond acceptors (Lipinski definition) is 3. The van der Waals surface area contributed by atoms with Crippen LogP contribution in [0.2, 0.25) is 0 Å². The summed E-state index contributed by atoms with van der Waals surface area (Å²) in [7, 11) is 0. The molecule has 2 fully saturated rings. The second-order valence-electron chi connectivity index (χ2n) is 9.67. The summed E-state index contributed by atoms with van der Waals surface area (Å²) in [5.41, 5.74) is 4.60. The monoisotopic (exact) mass is 367 g/mol. The van der Waals surface area contributed by atoms with Gasteiger partial charge in [0.25, 0.3) is 0 Å². The molecular formula is C24H33NO2. The molecular weight excluding hydrogens is 334 g/mol. The Hall–Kier alpha value is -1.64. The lowest BCUT2D eigenvalue weighted by atomic mass is 9.74. The molecule has 1 aromatic carbocycles. The molecule has 0 aromatic heterocycles. The standard InChI is InChI=1S/C24H33NO2/c1-24(2)23-21(18-10-12-25(23)13-11-18)22-19(26)14-17(15-20(22)27-24)9-8-16-6-4-3-5-7-16/h14-16,18,26H,3-13H2,1-2H3. The SMILES string of the molecule is CC1(C)Oc2cc(CCC3CCCCC3)cc(O)c2C2=C1N1CCC2CC1. The van der Waals surface area contributed by atoms with Gasteiger partial charge in [-0.15, -0.1) is 0 Å². The van der Waals surface area contributed by atoms with Crippen LogP contribution in [0.4, 0.5) is 0 Å². The van der Waals surface area contributed by atoms with Crippen LogP contribution in [0, 0.1) is 11.8 Å². The average molecular weight is 368 g/mol. The quantitative estimate of drug-likeness (QED) is 0.764. The van der Waals surface area contributed by atoms with Gasteiger partial charge in [0.05, 0.1) is 11.3 Å². The number of nitrogens with zero attached hydrogens (tertiary/aromatic N) is 1. The highest BCUT2D eigenvalue weighted by molar-refractivity contribution is 5.82. The van der Waals surface area contributed by atoms with E-state index in [0.717, 1.165) is 36.7 Å². The number of aromatic hydroxyl groups is 1. The van der Waals surface area contributed by atoms with E-state index >= 15 is 0 Å². The van der Waals surface area contributed by atoms with E-state index in [1.165, 1.54) is 68.2 Å². The number of allylic oxidation sites excluding steroid dienone is 1. The normalized spacial score (nSPS) is 24.6. The first kappa shape index (κ1) is 17.5. The topological polar surface area (TPSA) is 32.7 Å². The zero-order valence-electron chi connectivity index (χ0n) is 16.9. The zero-order chi connectivity index (χ0) is 18.6. The van der Waals surface area contributed by atoms with E-state index in [-0.39, 0.29) is 5.60 Å². The lowest BCUT2D eigenvalue weighted by Gasteiger charge is -2.51. The number of phenolic OH excluding ortho intramolecular Hbond substituents is 1. The number of piperidine rings is 1. The van der Waals surface area contributed by atoms with Crippen LogP contribution < -0.4 is 4.74 Å². The fraction of sp³-hybridized carbons (Fsp3) is 0.667.